The minimum Gasteiger partial charge on any atom is -0.467 e. The van der Waals surface area contributed by atoms with Gasteiger partial charge < -0.3 is 14.4 Å². The second kappa shape index (κ2) is 4.29. The van der Waals surface area contributed by atoms with Crippen LogP contribution in [0, 0.1) is 11.3 Å². The van der Waals surface area contributed by atoms with Gasteiger partial charge in [-0.1, -0.05) is 13.8 Å². The summed E-state index contributed by atoms with van der Waals surface area (Å²) in [5, 5.41) is 0. The molecule has 1 saturated heterocycles. The Balaban J connectivity index is 1.94. The average molecular weight is 241 g/mol. The highest BCUT2D eigenvalue weighted by Gasteiger charge is 2.52. The summed E-state index contributed by atoms with van der Waals surface area (Å²) in [6.07, 6.45) is 0.311. The van der Waals surface area contributed by atoms with Gasteiger partial charge in [0.15, 0.2) is 6.10 Å². The first kappa shape index (κ1) is 12.4. The lowest BCUT2D eigenvalue weighted by atomic mass is 10.1. The van der Waals surface area contributed by atoms with E-state index >= 15 is 0 Å². The molecule has 1 amide bonds. The lowest BCUT2D eigenvalue weighted by Gasteiger charge is -2.32. The molecule has 0 radical (unpaired) electrons. The van der Waals surface area contributed by atoms with Crippen molar-refractivity contribution in [2.24, 2.45) is 11.3 Å². The lowest BCUT2D eigenvalue weighted by Crippen LogP contribution is -2.49. The van der Waals surface area contributed by atoms with Gasteiger partial charge in [-0.25, -0.2) is 4.79 Å². The molecule has 2 atom stereocenters. The molecule has 0 N–H and O–H groups in total. The van der Waals surface area contributed by atoms with Crippen molar-refractivity contribution in [3.05, 3.63) is 0 Å². The molecule has 0 spiro atoms. The number of nitrogens with zero attached hydrogens (tertiary/aromatic N) is 1. The maximum Gasteiger partial charge on any atom is 0.336 e. The molecule has 1 saturated carbocycles. The fourth-order valence-corrected chi connectivity index (χ4v) is 2.23. The van der Waals surface area contributed by atoms with Gasteiger partial charge in [0.25, 0.3) is 0 Å². The molecule has 2 fully saturated rings. The second-order valence-electron chi connectivity index (χ2n) is 5.41. The van der Waals surface area contributed by atoms with Crippen LogP contribution >= 0.6 is 0 Å². The predicted molar refractivity (Wildman–Crippen MR) is 60.2 cm³/mol. The first-order chi connectivity index (χ1) is 7.95. The normalized spacial score (nSPS) is 30.9. The van der Waals surface area contributed by atoms with Crippen molar-refractivity contribution >= 4 is 11.9 Å². The van der Waals surface area contributed by atoms with Crippen LogP contribution < -0.4 is 0 Å². The van der Waals surface area contributed by atoms with Crippen molar-refractivity contribution in [1.29, 1.82) is 0 Å². The van der Waals surface area contributed by atoms with E-state index in [1.807, 2.05) is 0 Å². The molecule has 0 bridgehead atoms. The van der Waals surface area contributed by atoms with Crippen LogP contribution in [-0.2, 0) is 19.1 Å². The summed E-state index contributed by atoms with van der Waals surface area (Å²) >= 11 is 0. The number of methoxy groups -OCH3 is 1. The van der Waals surface area contributed by atoms with Gasteiger partial charge in [0.05, 0.1) is 20.3 Å². The van der Waals surface area contributed by atoms with E-state index in [1.54, 1.807) is 4.90 Å². The van der Waals surface area contributed by atoms with E-state index < -0.39 is 12.1 Å². The molecule has 96 valence electrons. The molecule has 1 aliphatic carbocycles. The van der Waals surface area contributed by atoms with E-state index in [4.69, 9.17) is 4.74 Å². The maximum absolute atomic E-state index is 12.2. The maximum atomic E-state index is 12.2. The Kier molecular flexibility index (Phi) is 3.12. The summed E-state index contributed by atoms with van der Waals surface area (Å²) in [7, 11) is 1.33. The SMILES string of the molecule is COC(=O)C1CN(C(=O)C2CC2(C)C)CCO1. The summed E-state index contributed by atoms with van der Waals surface area (Å²) in [5.74, 6) is -0.149. The summed E-state index contributed by atoms with van der Waals surface area (Å²) in [6.45, 7) is 5.47. The number of hydrogen-bond donors (Lipinski definition) is 0. The Bertz CT molecular complexity index is 339. The molecule has 1 aliphatic heterocycles. The first-order valence-corrected chi connectivity index (χ1v) is 5.94. The Hall–Kier alpha value is -1.10. The molecule has 5 nitrogen and oxygen atoms in total. The number of rotatable bonds is 2. The van der Waals surface area contributed by atoms with E-state index in [-0.39, 0.29) is 17.2 Å². The molecule has 2 unspecified atom stereocenters. The Morgan fingerprint density at radius 2 is 2.06 bits per heavy atom. The third-order valence-electron chi connectivity index (χ3n) is 3.65. The zero-order valence-corrected chi connectivity index (χ0v) is 10.6. The van der Waals surface area contributed by atoms with E-state index in [0.29, 0.717) is 19.7 Å². The highest BCUT2D eigenvalue weighted by molar-refractivity contribution is 5.84. The van der Waals surface area contributed by atoms with Gasteiger partial charge in [0.1, 0.15) is 0 Å². The van der Waals surface area contributed by atoms with Gasteiger partial charge in [-0.2, -0.15) is 0 Å². The third kappa shape index (κ3) is 2.44. The summed E-state index contributed by atoms with van der Waals surface area (Å²) in [4.78, 5) is 25.2. The van der Waals surface area contributed by atoms with Crippen LogP contribution in [0.3, 0.4) is 0 Å². The standard InChI is InChI=1S/C12H19NO4/c1-12(2)6-8(12)10(14)13-4-5-17-9(7-13)11(15)16-3/h8-9H,4-7H2,1-3H3. The van der Waals surface area contributed by atoms with Crippen LogP contribution in [0.5, 0.6) is 0 Å². The average Bonchev–Trinajstić information content (AvgIpc) is 2.96. The number of esters is 1. The van der Waals surface area contributed by atoms with E-state index in [0.717, 1.165) is 6.42 Å². The minimum atomic E-state index is -0.625. The van der Waals surface area contributed by atoms with Crippen LogP contribution in [-0.4, -0.2) is 49.7 Å². The number of morpholine rings is 1. The fraction of sp³-hybridized carbons (Fsp3) is 0.833. The number of hydrogen-bond acceptors (Lipinski definition) is 4. The second-order valence-corrected chi connectivity index (χ2v) is 5.41. The van der Waals surface area contributed by atoms with Crippen LogP contribution in [0.1, 0.15) is 20.3 Å². The molecular weight excluding hydrogens is 222 g/mol. The highest BCUT2D eigenvalue weighted by atomic mass is 16.6. The summed E-state index contributed by atoms with van der Waals surface area (Å²) in [6, 6.07) is 0. The van der Waals surface area contributed by atoms with Crippen molar-refractivity contribution in [1.82, 2.24) is 4.90 Å². The summed E-state index contributed by atoms with van der Waals surface area (Å²) in [5.41, 5.74) is 0.121. The van der Waals surface area contributed by atoms with Crippen LogP contribution in [0.15, 0.2) is 0 Å². The zero-order chi connectivity index (χ0) is 12.6. The van der Waals surface area contributed by atoms with Crippen molar-refractivity contribution in [2.45, 2.75) is 26.4 Å². The fourth-order valence-electron chi connectivity index (χ4n) is 2.23. The van der Waals surface area contributed by atoms with E-state index in [1.165, 1.54) is 7.11 Å². The van der Waals surface area contributed by atoms with Gasteiger partial charge >= 0.3 is 5.97 Å². The number of ether oxygens (including phenoxy) is 2. The predicted octanol–water partition coefficient (Wildman–Crippen LogP) is 0.433. The molecule has 1 heterocycles. The summed E-state index contributed by atoms with van der Waals surface area (Å²) < 4.78 is 9.93. The van der Waals surface area contributed by atoms with Crippen molar-refractivity contribution in [3.8, 4) is 0 Å². The quantitative estimate of drug-likeness (QED) is 0.658. The monoisotopic (exact) mass is 241 g/mol. The number of amides is 1. The number of carbonyl (C=O) groups excluding carboxylic acids is 2. The highest BCUT2D eigenvalue weighted by Crippen LogP contribution is 2.52. The van der Waals surface area contributed by atoms with Crippen molar-refractivity contribution < 1.29 is 19.1 Å². The topological polar surface area (TPSA) is 55.8 Å². The van der Waals surface area contributed by atoms with Crippen LogP contribution in [0.25, 0.3) is 0 Å². The Morgan fingerprint density at radius 1 is 1.41 bits per heavy atom. The Morgan fingerprint density at radius 3 is 2.59 bits per heavy atom. The van der Waals surface area contributed by atoms with Crippen LogP contribution in [0.4, 0.5) is 0 Å². The van der Waals surface area contributed by atoms with E-state index in [2.05, 4.69) is 18.6 Å². The molecule has 0 aromatic heterocycles. The van der Waals surface area contributed by atoms with Gasteiger partial charge in [-0.15, -0.1) is 0 Å². The van der Waals surface area contributed by atoms with Crippen molar-refractivity contribution in [3.63, 3.8) is 0 Å². The van der Waals surface area contributed by atoms with Crippen LogP contribution in [0.2, 0.25) is 0 Å². The third-order valence-corrected chi connectivity index (χ3v) is 3.65. The smallest absolute Gasteiger partial charge is 0.336 e. The van der Waals surface area contributed by atoms with Gasteiger partial charge in [-0.3, -0.25) is 4.79 Å². The minimum absolute atomic E-state index is 0.110. The molecule has 17 heavy (non-hydrogen) atoms. The van der Waals surface area contributed by atoms with Gasteiger partial charge in [0, 0.05) is 12.5 Å². The molecule has 5 heteroatoms. The van der Waals surface area contributed by atoms with Gasteiger partial charge in [0.2, 0.25) is 5.91 Å². The molecular formula is C12H19NO4. The zero-order valence-electron chi connectivity index (χ0n) is 10.6. The molecule has 2 aliphatic rings. The number of carbonyl (C=O) groups is 2. The molecule has 0 aromatic carbocycles. The lowest BCUT2D eigenvalue weighted by molar-refractivity contribution is -0.163. The molecule has 0 aromatic rings. The molecule has 2 rings (SSSR count). The van der Waals surface area contributed by atoms with Crippen molar-refractivity contribution in [2.75, 3.05) is 26.8 Å². The van der Waals surface area contributed by atoms with E-state index in [9.17, 15) is 9.59 Å². The first-order valence-electron chi connectivity index (χ1n) is 5.94. The van der Waals surface area contributed by atoms with Gasteiger partial charge in [-0.05, 0) is 11.8 Å². The largest absolute Gasteiger partial charge is 0.467 e. The Labute approximate surface area is 101 Å².